The summed E-state index contributed by atoms with van der Waals surface area (Å²) in [6.45, 7) is 9.12. The molecule has 13 nitrogen and oxygen atoms in total. The van der Waals surface area contributed by atoms with Crippen LogP contribution in [0.3, 0.4) is 0 Å². The van der Waals surface area contributed by atoms with E-state index >= 15 is 0 Å². The second-order valence-corrected chi connectivity index (χ2v) is 13.3. The molecule has 222 valence electrons. The molecule has 1 saturated carbocycles. The van der Waals surface area contributed by atoms with Crippen LogP contribution in [0.2, 0.25) is 0 Å². The van der Waals surface area contributed by atoms with Gasteiger partial charge >= 0.3 is 0 Å². The summed E-state index contributed by atoms with van der Waals surface area (Å²) in [6.07, 6.45) is 4.95. The third-order valence-electron chi connectivity index (χ3n) is 7.74. The van der Waals surface area contributed by atoms with Crippen LogP contribution in [-0.4, -0.2) is 76.9 Å². The molecule has 41 heavy (non-hydrogen) atoms. The lowest BCUT2D eigenvalue weighted by molar-refractivity contribution is -0.136. The molecule has 1 amide bonds. The van der Waals surface area contributed by atoms with Crippen molar-refractivity contribution in [1.29, 1.82) is 0 Å². The number of rotatable bonds is 9. The Morgan fingerprint density at radius 3 is 2.56 bits per heavy atom. The molecular weight excluding hydrogens is 548 g/mol. The van der Waals surface area contributed by atoms with E-state index in [9.17, 15) is 18.0 Å². The van der Waals surface area contributed by atoms with Gasteiger partial charge in [0.2, 0.25) is 21.9 Å². The van der Waals surface area contributed by atoms with Gasteiger partial charge in [0.05, 0.1) is 35.8 Å². The molecule has 1 saturated heterocycles. The second kappa shape index (κ2) is 10.7. The lowest BCUT2D eigenvalue weighted by Crippen LogP contribution is -2.55. The molecule has 0 bridgehead atoms. The van der Waals surface area contributed by atoms with Gasteiger partial charge in [-0.2, -0.15) is 5.10 Å². The van der Waals surface area contributed by atoms with E-state index in [1.54, 1.807) is 30.2 Å². The molecular formula is C27H38N8O5S. The highest BCUT2D eigenvalue weighted by molar-refractivity contribution is 7.89. The molecule has 1 aliphatic heterocycles. The summed E-state index contributed by atoms with van der Waals surface area (Å²) in [5, 5.41) is 4.35. The van der Waals surface area contributed by atoms with Crippen molar-refractivity contribution in [1.82, 2.24) is 29.0 Å². The Labute approximate surface area is 239 Å². The van der Waals surface area contributed by atoms with Gasteiger partial charge in [0.1, 0.15) is 5.52 Å². The summed E-state index contributed by atoms with van der Waals surface area (Å²) < 4.78 is 32.9. The highest BCUT2D eigenvalue weighted by Gasteiger charge is 2.41. The van der Waals surface area contributed by atoms with Gasteiger partial charge in [-0.25, -0.2) is 23.6 Å². The number of aromatic nitrogens is 4. The van der Waals surface area contributed by atoms with E-state index in [-0.39, 0.29) is 40.6 Å². The molecule has 0 unspecified atom stereocenters. The average Bonchev–Trinajstić information content (AvgIpc) is 3.48. The van der Waals surface area contributed by atoms with Crippen molar-refractivity contribution in [2.75, 3.05) is 37.1 Å². The van der Waals surface area contributed by atoms with E-state index in [1.807, 2.05) is 37.5 Å². The summed E-state index contributed by atoms with van der Waals surface area (Å²) in [7, 11) is -0.721. The standard InChI is InChI=1S/C27H38N8O5S/c1-17(2)24(36)34-10-9-33(14-18(34)3)22-12-20(41(38,39)31-27(4)7-8-27)11-21-23(22)29-26(30-40-6)35(25(21)37)16-19-13-28-32(5)15-19/h11-13,15,17-18,31H,7-10,14,16H2,1-6H3,(H,29,30)/t18-/m1/s1. The number of carbonyl (C=O) groups excluding carboxylic acids is 1. The molecule has 2 aliphatic rings. The number of hydrogen-bond acceptors (Lipinski definition) is 9. The summed E-state index contributed by atoms with van der Waals surface area (Å²) in [4.78, 5) is 40.6. The Balaban J connectivity index is 1.66. The quantitative estimate of drug-likeness (QED) is 0.358. The predicted octanol–water partition coefficient (Wildman–Crippen LogP) is 1.68. The number of amides is 1. The van der Waals surface area contributed by atoms with Crippen molar-refractivity contribution >= 4 is 38.5 Å². The van der Waals surface area contributed by atoms with Crippen LogP contribution in [0.5, 0.6) is 0 Å². The number of nitrogens with zero attached hydrogens (tertiary/aromatic N) is 6. The molecule has 2 N–H and O–H groups in total. The first-order valence-electron chi connectivity index (χ1n) is 13.8. The zero-order valence-electron chi connectivity index (χ0n) is 24.3. The maximum atomic E-state index is 14.0. The van der Waals surface area contributed by atoms with Gasteiger partial charge in [-0.3, -0.25) is 23.7 Å². The number of sulfonamides is 1. The van der Waals surface area contributed by atoms with E-state index in [1.165, 1.54) is 17.7 Å². The lowest BCUT2D eigenvalue weighted by Gasteiger charge is -2.42. The van der Waals surface area contributed by atoms with E-state index in [0.29, 0.717) is 30.8 Å². The van der Waals surface area contributed by atoms with E-state index in [2.05, 4.69) is 15.3 Å². The van der Waals surface area contributed by atoms with Gasteiger partial charge in [0, 0.05) is 55.9 Å². The van der Waals surface area contributed by atoms with Crippen LogP contribution < -0.4 is 20.7 Å². The van der Waals surface area contributed by atoms with Gasteiger partial charge in [-0.1, -0.05) is 13.8 Å². The lowest BCUT2D eigenvalue weighted by atomic mass is 10.1. The number of anilines is 2. The summed E-state index contributed by atoms with van der Waals surface area (Å²) in [5.74, 6) is 0.120. The van der Waals surface area contributed by atoms with Crippen LogP contribution in [-0.2, 0) is 33.2 Å². The number of carbonyl (C=O) groups is 1. The fraction of sp³-hybridized carbons (Fsp3) is 0.556. The summed E-state index contributed by atoms with van der Waals surface area (Å²) in [5.41, 5.74) is 3.43. The fourth-order valence-electron chi connectivity index (χ4n) is 5.24. The van der Waals surface area contributed by atoms with Crippen molar-refractivity contribution in [3.8, 4) is 0 Å². The Bertz CT molecular complexity index is 1640. The second-order valence-electron chi connectivity index (χ2n) is 11.6. The first kappa shape index (κ1) is 29.0. The van der Waals surface area contributed by atoms with Crippen molar-refractivity contribution in [3.05, 3.63) is 40.4 Å². The molecule has 14 heteroatoms. The zero-order chi connectivity index (χ0) is 29.7. The minimum Gasteiger partial charge on any atom is -0.366 e. The SMILES string of the molecule is CONc1nc2c(N3CCN(C(=O)C(C)C)[C@H](C)C3)cc(S(=O)(=O)NC3(C)CC3)cc2c(=O)n1Cc1cnn(C)c1. The molecule has 2 aromatic heterocycles. The molecule has 3 aromatic rings. The topological polar surface area (TPSA) is 144 Å². The van der Waals surface area contributed by atoms with Crippen LogP contribution in [0.4, 0.5) is 11.6 Å². The van der Waals surface area contributed by atoms with Crippen molar-refractivity contribution in [2.45, 2.75) is 63.6 Å². The Morgan fingerprint density at radius 1 is 1.24 bits per heavy atom. The smallest absolute Gasteiger partial charge is 0.263 e. The van der Waals surface area contributed by atoms with Crippen LogP contribution in [0, 0.1) is 5.92 Å². The zero-order valence-corrected chi connectivity index (χ0v) is 25.2. The minimum atomic E-state index is -3.93. The molecule has 1 aliphatic carbocycles. The maximum absolute atomic E-state index is 14.0. The van der Waals surface area contributed by atoms with Gasteiger partial charge < -0.3 is 9.80 Å². The monoisotopic (exact) mass is 586 g/mol. The number of hydrogen-bond donors (Lipinski definition) is 2. The van der Waals surface area contributed by atoms with E-state index < -0.39 is 21.1 Å². The Kier molecular flexibility index (Phi) is 7.59. The Hall–Kier alpha value is -3.49. The summed E-state index contributed by atoms with van der Waals surface area (Å²) >= 11 is 0. The molecule has 2 fully saturated rings. The van der Waals surface area contributed by atoms with Gasteiger partial charge in [0.25, 0.3) is 5.56 Å². The first-order valence-corrected chi connectivity index (χ1v) is 15.2. The van der Waals surface area contributed by atoms with Crippen LogP contribution in [0.15, 0.2) is 34.2 Å². The molecule has 3 heterocycles. The minimum absolute atomic E-state index is 0.000688. The van der Waals surface area contributed by atoms with Gasteiger partial charge in [-0.05, 0) is 38.8 Å². The first-order chi connectivity index (χ1) is 19.3. The third kappa shape index (κ3) is 5.81. The number of benzene rings is 1. The van der Waals surface area contributed by atoms with E-state index in [0.717, 1.165) is 18.4 Å². The molecule has 1 atom stereocenters. The van der Waals surface area contributed by atoms with Gasteiger partial charge in [-0.15, -0.1) is 0 Å². The molecule has 0 radical (unpaired) electrons. The van der Waals surface area contributed by atoms with Crippen LogP contribution >= 0.6 is 0 Å². The number of aryl methyl sites for hydroxylation is 1. The maximum Gasteiger partial charge on any atom is 0.263 e. The largest absolute Gasteiger partial charge is 0.366 e. The molecule has 5 rings (SSSR count). The average molecular weight is 587 g/mol. The number of piperazine rings is 1. The summed E-state index contributed by atoms with van der Waals surface area (Å²) in [6, 6.07) is 2.86. The molecule has 0 spiro atoms. The van der Waals surface area contributed by atoms with E-state index in [4.69, 9.17) is 9.82 Å². The van der Waals surface area contributed by atoms with Crippen molar-refractivity contribution < 1.29 is 18.0 Å². The number of nitrogens with one attached hydrogen (secondary N) is 2. The fourth-order valence-corrected chi connectivity index (χ4v) is 6.75. The van der Waals surface area contributed by atoms with Gasteiger partial charge in [0.15, 0.2) is 0 Å². The number of fused-ring (bicyclic) bond motifs is 1. The van der Waals surface area contributed by atoms with Crippen molar-refractivity contribution in [2.24, 2.45) is 13.0 Å². The van der Waals surface area contributed by atoms with Crippen LogP contribution in [0.25, 0.3) is 10.9 Å². The Morgan fingerprint density at radius 2 is 1.98 bits per heavy atom. The van der Waals surface area contributed by atoms with Crippen LogP contribution in [0.1, 0.15) is 46.1 Å². The highest BCUT2D eigenvalue weighted by Crippen LogP contribution is 2.37. The predicted molar refractivity (Wildman–Crippen MR) is 155 cm³/mol. The normalized spacial score (nSPS) is 18.8. The van der Waals surface area contributed by atoms with Crippen molar-refractivity contribution in [3.63, 3.8) is 0 Å². The molecule has 1 aromatic carbocycles. The highest BCUT2D eigenvalue weighted by atomic mass is 32.2. The third-order valence-corrected chi connectivity index (χ3v) is 9.36.